The number of piperidine rings is 1. The Morgan fingerprint density at radius 3 is 2.86 bits per heavy atom. The van der Waals surface area contributed by atoms with Crippen LogP contribution >= 0.6 is 0 Å². The Balaban J connectivity index is 2.17. The van der Waals surface area contributed by atoms with Crippen molar-refractivity contribution in [1.29, 1.82) is 5.26 Å². The number of carboxylic acids is 1. The second-order valence-corrected chi connectivity index (χ2v) is 5.11. The first-order chi connectivity index (χ1) is 10.0. The molecule has 110 valence electrons. The van der Waals surface area contributed by atoms with Gasteiger partial charge in [-0.2, -0.15) is 5.26 Å². The number of amides is 2. The van der Waals surface area contributed by atoms with E-state index in [1.807, 2.05) is 13.0 Å². The summed E-state index contributed by atoms with van der Waals surface area (Å²) in [7, 11) is 0. The summed E-state index contributed by atoms with van der Waals surface area (Å²) in [4.78, 5) is 24.9. The summed E-state index contributed by atoms with van der Waals surface area (Å²) in [6.45, 7) is 2.25. The number of likely N-dealkylation sites (tertiary alicyclic amines) is 1. The monoisotopic (exact) mass is 287 g/mol. The van der Waals surface area contributed by atoms with Crippen molar-refractivity contribution in [2.45, 2.75) is 32.2 Å². The number of nitrogens with one attached hydrogen (secondary N) is 1. The van der Waals surface area contributed by atoms with E-state index in [9.17, 15) is 14.7 Å². The average molecular weight is 287 g/mol. The Bertz CT molecular complexity index is 607. The molecule has 2 rings (SSSR count). The molecule has 0 aliphatic carbocycles. The highest BCUT2D eigenvalue weighted by molar-refractivity contribution is 5.93. The zero-order chi connectivity index (χ0) is 15.4. The predicted octanol–water partition coefficient (Wildman–Crippen LogP) is 2.34. The second-order valence-electron chi connectivity index (χ2n) is 5.11. The average Bonchev–Trinajstić information content (AvgIpc) is 2.49. The Morgan fingerprint density at radius 2 is 2.19 bits per heavy atom. The van der Waals surface area contributed by atoms with Crippen LogP contribution in [0.3, 0.4) is 0 Å². The number of nitriles is 1. The molecular formula is C15H17N3O3. The molecule has 1 unspecified atom stereocenters. The van der Waals surface area contributed by atoms with Crippen molar-refractivity contribution in [3.63, 3.8) is 0 Å². The molecule has 2 amide bonds. The Kier molecular flexibility index (Phi) is 4.43. The molecule has 6 nitrogen and oxygen atoms in total. The molecule has 1 aliphatic rings. The van der Waals surface area contributed by atoms with E-state index in [0.717, 1.165) is 18.4 Å². The number of carboxylic acid groups (broad SMARTS) is 1. The summed E-state index contributed by atoms with van der Waals surface area (Å²) in [5.41, 5.74) is 1.81. The first-order valence-electron chi connectivity index (χ1n) is 6.84. The number of hydrogen-bond donors (Lipinski definition) is 2. The molecule has 21 heavy (non-hydrogen) atoms. The summed E-state index contributed by atoms with van der Waals surface area (Å²) < 4.78 is 0. The van der Waals surface area contributed by atoms with Gasteiger partial charge >= 0.3 is 12.0 Å². The number of nitrogens with zero attached hydrogens (tertiary/aromatic N) is 2. The lowest BCUT2D eigenvalue weighted by Crippen LogP contribution is -2.49. The van der Waals surface area contributed by atoms with Crippen LogP contribution in [0.5, 0.6) is 0 Å². The number of aliphatic carboxylic acids is 1. The molecule has 1 fully saturated rings. The van der Waals surface area contributed by atoms with Crippen LogP contribution in [-0.4, -0.2) is 34.6 Å². The first-order valence-corrected chi connectivity index (χ1v) is 6.84. The molecule has 1 saturated heterocycles. The molecule has 2 N–H and O–H groups in total. The van der Waals surface area contributed by atoms with Crippen molar-refractivity contribution in [1.82, 2.24) is 4.90 Å². The highest BCUT2D eigenvalue weighted by atomic mass is 16.4. The van der Waals surface area contributed by atoms with E-state index in [0.29, 0.717) is 24.2 Å². The van der Waals surface area contributed by atoms with Gasteiger partial charge in [-0.25, -0.2) is 9.59 Å². The summed E-state index contributed by atoms with van der Waals surface area (Å²) in [5, 5.41) is 20.8. The third-order valence-corrected chi connectivity index (χ3v) is 3.66. The maximum Gasteiger partial charge on any atom is 0.326 e. The molecule has 1 heterocycles. The fourth-order valence-electron chi connectivity index (χ4n) is 2.44. The topological polar surface area (TPSA) is 93.4 Å². The smallest absolute Gasteiger partial charge is 0.326 e. The number of hydrogen-bond acceptors (Lipinski definition) is 3. The van der Waals surface area contributed by atoms with E-state index in [-0.39, 0.29) is 0 Å². The van der Waals surface area contributed by atoms with Crippen LogP contribution in [0.2, 0.25) is 0 Å². The van der Waals surface area contributed by atoms with Crippen LogP contribution < -0.4 is 5.32 Å². The normalized spacial score (nSPS) is 17.9. The van der Waals surface area contributed by atoms with Crippen LogP contribution in [0.4, 0.5) is 10.5 Å². The Labute approximate surface area is 123 Å². The van der Waals surface area contributed by atoms with Gasteiger partial charge in [-0.1, -0.05) is 6.07 Å². The molecule has 1 aromatic carbocycles. The number of rotatable bonds is 2. The lowest BCUT2D eigenvalue weighted by Gasteiger charge is -2.33. The predicted molar refractivity (Wildman–Crippen MR) is 76.9 cm³/mol. The van der Waals surface area contributed by atoms with Crippen LogP contribution in [0.1, 0.15) is 30.4 Å². The maximum absolute atomic E-state index is 12.3. The molecule has 1 aromatic rings. The lowest BCUT2D eigenvalue weighted by molar-refractivity contribution is -0.143. The number of carbonyl (C=O) groups excluding carboxylic acids is 1. The van der Waals surface area contributed by atoms with Gasteiger partial charge in [0.1, 0.15) is 6.04 Å². The van der Waals surface area contributed by atoms with Crippen molar-refractivity contribution in [3.05, 3.63) is 29.3 Å². The number of anilines is 1. The minimum atomic E-state index is -0.979. The lowest BCUT2D eigenvalue weighted by atomic mass is 10.0. The minimum absolute atomic E-state index is 0.430. The van der Waals surface area contributed by atoms with Crippen molar-refractivity contribution >= 4 is 17.7 Å². The fourth-order valence-corrected chi connectivity index (χ4v) is 2.44. The van der Waals surface area contributed by atoms with Gasteiger partial charge in [0, 0.05) is 12.2 Å². The van der Waals surface area contributed by atoms with Gasteiger partial charge in [-0.3, -0.25) is 0 Å². The van der Waals surface area contributed by atoms with E-state index in [4.69, 9.17) is 5.26 Å². The van der Waals surface area contributed by atoms with Gasteiger partial charge < -0.3 is 15.3 Å². The summed E-state index contributed by atoms with van der Waals surface area (Å²) in [6.07, 6.45) is 2.08. The van der Waals surface area contributed by atoms with Crippen LogP contribution in [0.15, 0.2) is 18.2 Å². The largest absolute Gasteiger partial charge is 0.480 e. The van der Waals surface area contributed by atoms with Crippen LogP contribution in [-0.2, 0) is 4.79 Å². The highest BCUT2D eigenvalue weighted by Gasteiger charge is 2.32. The summed E-state index contributed by atoms with van der Waals surface area (Å²) in [6, 6.07) is 5.82. The second kappa shape index (κ2) is 6.27. The first kappa shape index (κ1) is 14.9. The SMILES string of the molecule is Cc1ccc(C#N)cc1NC(=O)N1CCCCC1C(=O)O. The molecule has 0 saturated carbocycles. The standard InChI is InChI=1S/C15H17N3O3/c1-10-5-6-11(9-16)8-12(10)17-15(21)18-7-3-2-4-13(18)14(19)20/h5-6,8,13H,2-4,7H2,1H3,(H,17,21)(H,19,20). The highest BCUT2D eigenvalue weighted by Crippen LogP contribution is 2.21. The van der Waals surface area contributed by atoms with Crippen molar-refractivity contribution < 1.29 is 14.7 Å². The van der Waals surface area contributed by atoms with Gasteiger partial charge in [0.05, 0.1) is 11.6 Å². The zero-order valence-corrected chi connectivity index (χ0v) is 11.8. The van der Waals surface area contributed by atoms with E-state index < -0.39 is 18.0 Å². The molecule has 0 spiro atoms. The number of aryl methyl sites for hydroxylation is 1. The zero-order valence-electron chi connectivity index (χ0n) is 11.8. The number of carbonyl (C=O) groups is 2. The fraction of sp³-hybridized carbons (Fsp3) is 0.400. The maximum atomic E-state index is 12.3. The van der Waals surface area contributed by atoms with E-state index >= 15 is 0 Å². The molecule has 6 heteroatoms. The van der Waals surface area contributed by atoms with Gasteiger partial charge in [0.25, 0.3) is 0 Å². The van der Waals surface area contributed by atoms with Gasteiger partial charge in [0.15, 0.2) is 0 Å². The van der Waals surface area contributed by atoms with E-state index in [2.05, 4.69) is 5.32 Å². The van der Waals surface area contributed by atoms with Gasteiger partial charge in [-0.05, 0) is 43.9 Å². The molecule has 0 aromatic heterocycles. The van der Waals surface area contributed by atoms with Crippen LogP contribution in [0, 0.1) is 18.3 Å². The van der Waals surface area contributed by atoms with Crippen molar-refractivity contribution in [2.24, 2.45) is 0 Å². The van der Waals surface area contributed by atoms with Crippen molar-refractivity contribution in [3.8, 4) is 6.07 Å². The number of urea groups is 1. The third kappa shape index (κ3) is 3.31. The molecule has 0 bridgehead atoms. The minimum Gasteiger partial charge on any atom is -0.480 e. The molecular weight excluding hydrogens is 270 g/mol. The quantitative estimate of drug-likeness (QED) is 0.873. The number of benzene rings is 1. The molecule has 1 aliphatic heterocycles. The molecule has 1 atom stereocenters. The summed E-state index contributed by atoms with van der Waals surface area (Å²) >= 11 is 0. The molecule has 0 radical (unpaired) electrons. The van der Waals surface area contributed by atoms with Gasteiger partial charge in [0.2, 0.25) is 0 Å². The summed E-state index contributed by atoms with van der Waals surface area (Å²) in [5.74, 6) is -0.979. The van der Waals surface area contributed by atoms with E-state index in [1.54, 1.807) is 18.2 Å². The van der Waals surface area contributed by atoms with Gasteiger partial charge in [-0.15, -0.1) is 0 Å². The van der Waals surface area contributed by atoms with Crippen molar-refractivity contribution in [2.75, 3.05) is 11.9 Å². The van der Waals surface area contributed by atoms with E-state index in [1.165, 1.54) is 4.90 Å². The third-order valence-electron chi connectivity index (χ3n) is 3.66. The Hall–Kier alpha value is -2.55. The van der Waals surface area contributed by atoms with Crippen LogP contribution in [0.25, 0.3) is 0 Å². The Morgan fingerprint density at radius 1 is 1.43 bits per heavy atom.